The number of benzene rings is 2. The van der Waals surface area contributed by atoms with Gasteiger partial charge in [-0.25, -0.2) is 8.42 Å². The highest BCUT2D eigenvalue weighted by molar-refractivity contribution is 7.89. The first-order valence-corrected chi connectivity index (χ1v) is 9.65. The number of carbonyl (C=O) groups excluding carboxylic acids is 1. The van der Waals surface area contributed by atoms with Gasteiger partial charge in [-0.05, 0) is 24.3 Å². The maximum Gasteiger partial charge on any atom is 0.260 e. The Morgan fingerprint density at radius 3 is 2.35 bits per heavy atom. The van der Waals surface area contributed by atoms with Crippen molar-refractivity contribution in [3.8, 4) is 11.5 Å². The number of ether oxygens (including phenoxy) is 1. The zero-order chi connectivity index (χ0) is 18.6. The summed E-state index contributed by atoms with van der Waals surface area (Å²) >= 11 is 0. The summed E-state index contributed by atoms with van der Waals surface area (Å²) in [5.74, 6) is 0.253. The topological polar surface area (TPSA) is 87.2 Å². The molecule has 1 amide bonds. The highest BCUT2D eigenvalue weighted by Crippen LogP contribution is 2.19. The third-order valence-electron chi connectivity index (χ3n) is 4.15. The molecule has 3 rings (SSSR count). The van der Waals surface area contributed by atoms with E-state index in [2.05, 4.69) is 0 Å². The summed E-state index contributed by atoms with van der Waals surface area (Å²) in [5, 5.41) is 9.39. The number of aromatic hydroxyl groups is 1. The van der Waals surface area contributed by atoms with Crippen LogP contribution in [-0.4, -0.2) is 61.4 Å². The van der Waals surface area contributed by atoms with Crippen LogP contribution in [0.2, 0.25) is 0 Å². The van der Waals surface area contributed by atoms with E-state index in [1.54, 1.807) is 47.4 Å². The van der Waals surface area contributed by atoms with Crippen molar-refractivity contribution in [3.63, 3.8) is 0 Å². The molecule has 1 N–H and O–H groups in total. The highest BCUT2D eigenvalue weighted by atomic mass is 32.2. The Hall–Kier alpha value is -2.58. The molecular formula is C18H20N2O5S. The van der Waals surface area contributed by atoms with Crippen molar-refractivity contribution in [1.29, 1.82) is 0 Å². The minimum atomic E-state index is -3.53. The molecule has 0 unspecified atom stereocenters. The van der Waals surface area contributed by atoms with Gasteiger partial charge in [0.2, 0.25) is 10.0 Å². The van der Waals surface area contributed by atoms with Gasteiger partial charge in [0.15, 0.2) is 6.61 Å². The molecule has 1 aliphatic rings. The average molecular weight is 376 g/mol. The fourth-order valence-electron chi connectivity index (χ4n) is 2.73. The number of piperazine rings is 1. The van der Waals surface area contributed by atoms with Gasteiger partial charge < -0.3 is 14.7 Å². The lowest BCUT2D eigenvalue weighted by molar-refractivity contribution is -0.134. The highest BCUT2D eigenvalue weighted by Gasteiger charge is 2.30. The lowest BCUT2D eigenvalue weighted by Gasteiger charge is -2.33. The first kappa shape index (κ1) is 18.2. The molecule has 0 bridgehead atoms. The molecule has 1 saturated heterocycles. The zero-order valence-electron chi connectivity index (χ0n) is 14.1. The largest absolute Gasteiger partial charge is 0.508 e. The van der Waals surface area contributed by atoms with Gasteiger partial charge in [0.05, 0.1) is 4.90 Å². The average Bonchev–Trinajstić information content (AvgIpc) is 2.67. The fraction of sp³-hybridized carbons (Fsp3) is 0.278. The van der Waals surface area contributed by atoms with Crippen LogP contribution in [0.15, 0.2) is 59.5 Å². The molecule has 0 spiro atoms. The number of carbonyl (C=O) groups is 1. The van der Waals surface area contributed by atoms with Crippen LogP contribution in [0.5, 0.6) is 11.5 Å². The summed E-state index contributed by atoms with van der Waals surface area (Å²) in [6.07, 6.45) is 0. The van der Waals surface area contributed by atoms with Crippen LogP contribution in [0.4, 0.5) is 0 Å². The lowest BCUT2D eigenvalue weighted by Crippen LogP contribution is -2.51. The van der Waals surface area contributed by atoms with E-state index in [-0.39, 0.29) is 36.2 Å². The van der Waals surface area contributed by atoms with Gasteiger partial charge in [-0.15, -0.1) is 0 Å². The summed E-state index contributed by atoms with van der Waals surface area (Å²) in [6, 6.07) is 14.5. The van der Waals surface area contributed by atoms with Crippen LogP contribution < -0.4 is 4.74 Å². The second kappa shape index (κ2) is 7.76. The molecule has 0 aliphatic carbocycles. The zero-order valence-corrected chi connectivity index (χ0v) is 14.9. The summed E-state index contributed by atoms with van der Waals surface area (Å²) in [7, 11) is -3.53. The standard InChI is InChI=1S/C18H20N2O5S/c21-15-5-4-6-16(13-15)25-14-18(22)19-9-11-20(12-10-19)26(23,24)17-7-2-1-3-8-17/h1-8,13,21H,9-12,14H2. The molecule has 0 atom stereocenters. The first-order chi connectivity index (χ1) is 12.5. The molecule has 138 valence electrons. The Balaban J connectivity index is 1.54. The predicted molar refractivity (Wildman–Crippen MR) is 95.4 cm³/mol. The number of nitrogens with zero attached hydrogens (tertiary/aromatic N) is 2. The third-order valence-corrected chi connectivity index (χ3v) is 6.07. The third kappa shape index (κ3) is 4.14. The van der Waals surface area contributed by atoms with Crippen LogP contribution in [0.25, 0.3) is 0 Å². The van der Waals surface area contributed by atoms with E-state index in [0.29, 0.717) is 18.8 Å². The van der Waals surface area contributed by atoms with Crippen molar-refractivity contribution < 1.29 is 23.1 Å². The van der Waals surface area contributed by atoms with Gasteiger partial charge in [0.1, 0.15) is 11.5 Å². The minimum absolute atomic E-state index is 0.0645. The van der Waals surface area contributed by atoms with Crippen molar-refractivity contribution in [2.24, 2.45) is 0 Å². The molecule has 2 aromatic rings. The smallest absolute Gasteiger partial charge is 0.260 e. The molecule has 1 fully saturated rings. The molecule has 1 aliphatic heterocycles. The van der Waals surface area contributed by atoms with E-state index in [9.17, 15) is 18.3 Å². The van der Waals surface area contributed by atoms with Gasteiger partial charge >= 0.3 is 0 Å². The normalized spacial score (nSPS) is 15.6. The Morgan fingerprint density at radius 2 is 1.69 bits per heavy atom. The molecule has 0 saturated carbocycles. The number of phenols is 1. The maximum absolute atomic E-state index is 12.6. The monoisotopic (exact) mass is 376 g/mol. The SMILES string of the molecule is O=C(COc1cccc(O)c1)N1CCN(S(=O)(=O)c2ccccc2)CC1. The van der Waals surface area contributed by atoms with Crippen LogP contribution in [-0.2, 0) is 14.8 Å². The second-order valence-electron chi connectivity index (χ2n) is 5.88. The molecule has 0 aromatic heterocycles. The van der Waals surface area contributed by atoms with Crippen LogP contribution in [0.3, 0.4) is 0 Å². The summed E-state index contributed by atoms with van der Waals surface area (Å²) in [5.41, 5.74) is 0. The lowest BCUT2D eigenvalue weighted by atomic mass is 10.3. The Kier molecular flexibility index (Phi) is 5.43. The van der Waals surface area contributed by atoms with E-state index in [0.717, 1.165) is 0 Å². The Labute approximate surface area is 152 Å². The van der Waals surface area contributed by atoms with Gasteiger partial charge in [-0.2, -0.15) is 4.31 Å². The predicted octanol–water partition coefficient (Wildman–Crippen LogP) is 1.30. The molecule has 26 heavy (non-hydrogen) atoms. The van der Waals surface area contributed by atoms with Gasteiger partial charge in [0.25, 0.3) is 5.91 Å². The molecule has 1 heterocycles. The molecule has 7 nitrogen and oxygen atoms in total. The minimum Gasteiger partial charge on any atom is -0.508 e. The molecule has 0 radical (unpaired) electrons. The van der Waals surface area contributed by atoms with Crippen LogP contribution >= 0.6 is 0 Å². The van der Waals surface area contributed by atoms with Gasteiger partial charge in [-0.3, -0.25) is 4.79 Å². The number of rotatable bonds is 5. The van der Waals surface area contributed by atoms with E-state index >= 15 is 0 Å². The second-order valence-corrected chi connectivity index (χ2v) is 7.82. The number of sulfonamides is 1. The van der Waals surface area contributed by atoms with Crippen LogP contribution in [0, 0.1) is 0 Å². The summed E-state index contributed by atoms with van der Waals surface area (Å²) < 4.78 is 31.9. The van der Waals surface area contributed by atoms with Gasteiger partial charge in [0, 0.05) is 32.2 Å². The van der Waals surface area contributed by atoms with E-state index < -0.39 is 10.0 Å². The Bertz CT molecular complexity index is 862. The number of amides is 1. The van der Waals surface area contributed by atoms with Crippen LogP contribution in [0.1, 0.15) is 0 Å². The van der Waals surface area contributed by atoms with Crippen molar-refractivity contribution in [3.05, 3.63) is 54.6 Å². The van der Waals surface area contributed by atoms with Crippen molar-refractivity contribution in [1.82, 2.24) is 9.21 Å². The summed E-state index contributed by atoms with van der Waals surface area (Å²) in [4.78, 5) is 14.1. The molecule has 8 heteroatoms. The number of phenolic OH excluding ortho intramolecular Hbond substituents is 1. The van der Waals surface area contributed by atoms with E-state index in [4.69, 9.17) is 4.74 Å². The van der Waals surface area contributed by atoms with Crippen molar-refractivity contribution in [2.45, 2.75) is 4.90 Å². The quantitative estimate of drug-likeness (QED) is 0.850. The van der Waals surface area contributed by atoms with Crippen molar-refractivity contribution >= 4 is 15.9 Å². The first-order valence-electron chi connectivity index (χ1n) is 8.21. The van der Waals surface area contributed by atoms with E-state index in [1.807, 2.05) is 0 Å². The molecular weight excluding hydrogens is 356 g/mol. The summed E-state index contributed by atoms with van der Waals surface area (Å²) in [6.45, 7) is 0.960. The van der Waals surface area contributed by atoms with E-state index in [1.165, 1.54) is 16.4 Å². The van der Waals surface area contributed by atoms with Gasteiger partial charge in [-0.1, -0.05) is 24.3 Å². The maximum atomic E-state index is 12.6. The molecule has 2 aromatic carbocycles. The fourth-order valence-corrected chi connectivity index (χ4v) is 4.17. The Morgan fingerprint density at radius 1 is 1.00 bits per heavy atom. The van der Waals surface area contributed by atoms with Crippen molar-refractivity contribution in [2.75, 3.05) is 32.8 Å². The number of hydrogen-bond acceptors (Lipinski definition) is 5. The number of hydrogen-bond donors (Lipinski definition) is 1.